The van der Waals surface area contributed by atoms with Gasteiger partial charge in [-0.3, -0.25) is 9.36 Å². The van der Waals surface area contributed by atoms with Crippen LogP contribution in [0.15, 0.2) is 103 Å². The third kappa shape index (κ3) is 35.8. The highest BCUT2D eigenvalue weighted by atomic mass is 32.1. The molecule has 32 nitrogen and oxygen atoms in total. The molecule has 88 heavy (non-hydrogen) atoms. The number of rotatable bonds is 11. The molecule has 0 aliphatic carbocycles. The molecule has 10 aromatic heterocycles. The Morgan fingerprint density at radius 2 is 1.12 bits per heavy atom. The maximum Gasteiger partial charge on any atom is 0.177 e. The number of nitrogens with zero attached hydrogens (tertiary/aromatic N) is 31. The van der Waals surface area contributed by atoms with E-state index < -0.39 is 0 Å². The molecule has 1 aliphatic heterocycles. The summed E-state index contributed by atoms with van der Waals surface area (Å²) in [5.74, 6) is 2.81. The third-order valence-corrected chi connectivity index (χ3v) is 12.6. The maximum atomic E-state index is 3.92. The molecule has 0 radical (unpaired) electrons. The van der Waals surface area contributed by atoms with Crippen LogP contribution >= 0.6 is 22.9 Å². The second-order valence-electron chi connectivity index (χ2n) is 21.8. The standard InChI is InChI=1S/2C6H10N2.4C5H9N3.2C5H8N2S.3C4H8N4/c1-6(2)8-4-3-7-5-8;1-5(2)6-3-4-7-8-6;1-5(2)8-3-6-7-4-8;1-5(2)8-4-6-3-7-8;1-5(2)8-4-3-6-7-8;1-5(2)8-6-3-4-7-8;1-4(2)5-7-6-3-8-5;1-4(2)5-3-6-7-8-5;1-4(2)8-3-5-6-7-8;1-4(2)8-6-3-5-7-8;1-3(2)4-5-7-8-6-4/h3-6H,1-2H3;4-5H,3H2,1-2H3;4*3-5H,1-2H3;4*3-4H,1-2H3;3H,1-2H3,(H,5,6,7,8). The molecule has 11 rings (SSSR count). The summed E-state index contributed by atoms with van der Waals surface area (Å²) in [4.78, 5) is 12.2. The summed E-state index contributed by atoms with van der Waals surface area (Å²) in [6, 6.07) is 2.94. The van der Waals surface area contributed by atoms with Gasteiger partial charge >= 0.3 is 0 Å². The minimum absolute atomic E-state index is 0.317. The van der Waals surface area contributed by atoms with Crippen LogP contribution in [0.1, 0.15) is 234 Å². The quantitative estimate of drug-likeness (QED) is 0.126. The Morgan fingerprint density at radius 1 is 0.466 bits per heavy atom. The maximum absolute atomic E-state index is 3.92. The average Bonchev–Trinajstić information content (AvgIpc) is 4.34. The molecule has 0 unspecified atom stereocenters. The van der Waals surface area contributed by atoms with E-state index in [4.69, 9.17) is 0 Å². The van der Waals surface area contributed by atoms with Gasteiger partial charge in [-0.25, -0.2) is 14.6 Å². The van der Waals surface area contributed by atoms with E-state index in [0.717, 1.165) is 17.3 Å². The molecule has 0 spiro atoms. The molecule has 0 bridgehead atoms. The van der Waals surface area contributed by atoms with Crippen LogP contribution in [0, 0.1) is 5.92 Å². The molecule has 0 saturated carbocycles. The lowest BCUT2D eigenvalue weighted by Gasteiger charge is -2.02. The van der Waals surface area contributed by atoms with Crippen molar-refractivity contribution in [1.29, 1.82) is 0 Å². The third-order valence-electron chi connectivity index (χ3n) is 10.6. The predicted molar refractivity (Wildman–Crippen MR) is 342 cm³/mol. The van der Waals surface area contributed by atoms with E-state index in [1.54, 1.807) is 96.9 Å². The SMILES string of the molecule is CC(C)C1=NN=CC1.CC(C)c1cnns1.CC(C)c1nn[nH]n1.CC(C)c1nncs1.CC(C)n1ccnc1.CC(C)n1ccnn1.CC(C)n1cncn1.CC(C)n1cnnc1.CC(C)n1cnnn1.CC(C)n1nccn1.CC(C)n1ncnn1. The van der Waals surface area contributed by atoms with E-state index in [-0.39, 0.29) is 0 Å². The lowest BCUT2D eigenvalue weighted by Crippen LogP contribution is -2.04. The fourth-order valence-electron chi connectivity index (χ4n) is 5.25. The molecule has 11 heterocycles. The molecule has 0 atom stereocenters. The zero-order chi connectivity index (χ0) is 65.8. The minimum Gasteiger partial charge on any atom is -0.335 e. The highest BCUT2D eigenvalue weighted by molar-refractivity contribution is 7.09. The zero-order valence-electron chi connectivity index (χ0n) is 55.5. The Labute approximate surface area is 526 Å². The Morgan fingerprint density at radius 3 is 1.38 bits per heavy atom. The van der Waals surface area contributed by atoms with Crippen LogP contribution in [0.3, 0.4) is 0 Å². The van der Waals surface area contributed by atoms with Crippen LogP contribution in [-0.2, 0) is 0 Å². The first-order valence-corrected chi connectivity index (χ1v) is 30.7. The highest BCUT2D eigenvalue weighted by Gasteiger charge is 2.06. The van der Waals surface area contributed by atoms with Gasteiger partial charge in [0.2, 0.25) is 0 Å². The van der Waals surface area contributed by atoms with E-state index >= 15 is 0 Å². The predicted octanol–water partition coefficient (Wildman–Crippen LogP) is 10.5. The fourth-order valence-corrected chi connectivity index (χ4v) is 6.32. The molecule has 1 aliphatic rings. The van der Waals surface area contributed by atoms with Crippen molar-refractivity contribution in [3.63, 3.8) is 0 Å². The molecule has 34 heteroatoms. The smallest absolute Gasteiger partial charge is 0.177 e. The van der Waals surface area contributed by atoms with E-state index in [1.807, 2.05) is 91.1 Å². The molecular weight excluding hydrogens is 1160 g/mol. The molecule has 10 aromatic rings. The van der Waals surface area contributed by atoms with Crippen LogP contribution in [0.25, 0.3) is 0 Å². The van der Waals surface area contributed by atoms with Crippen molar-refractivity contribution in [2.24, 2.45) is 16.1 Å². The first-order chi connectivity index (χ1) is 41.8. The van der Waals surface area contributed by atoms with Crippen molar-refractivity contribution in [2.75, 3.05) is 0 Å². The molecule has 1 N–H and O–H groups in total. The van der Waals surface area contributed by atoms with Crippen molar-refractivity contribution < 1.29 is 0 Å². The van der Waals surface area contributed by atoms with Gasteiger partial charge in [-0.05, 0) is 136 Å². The first kappa shape index (κ1) is 77.5. The summed E-state index contributed by atoms with van der Waals surface area (Å²) in [6.07, 6.45) is 26.8. The largest absolute Gasteiger partial charge is 0.335 e. The Hall–Kier alpha value is -8.56. The lowest BCUT2D eigenvalue weighted by atomic mass is 10.1. The number of tetrazole rings is 3. The fraction of sp³-hybridized carbons (Fsp3) is 0.630. The number of hydrogen-bond donors (Lipinski definition) is 1. The van der Waals surface area contributed by atoms with Gasteiger partial charge < -0.3 is 9.13 Å². The van der Waals surface area contributed by atoms with E-state index in [9.17, 15) is 0 Å². The summed E-state index contributed by atoms with van der Waals surface area (Å²) in [5.41, 5.74) is 2.96. The van der Waals surface area contributed by atoms with Crippen LogP contribution in [0.2, 0.25) is 0 Å². The summed E-state index contributed by atoms with van der Waals surface area (Å²) in [5, 5.41) is 81.6. The van der Waals surface area contributed by atoms with Crippen molar-refractivity contribution >= 4 is 34.8 Å². The van der Waals surface area contributed by atoms with Crippen molar-refractivity contribution in [2.45, 2.75) is 219 Å². The first-order valence-electron chi connectivity index (χ1n) is 29.0. The van der Waals surface area contributed by atoms with Gasteiger partial charge in [0.05, 0.1) is 43.2 Å². The van der Waals surface area contributed by atoms with Gasteiger partial charge in [0.1, 0.15) is 42.2 Å². The van der Waals surface area contributed by atoms with Crippen LogP contribution in [0.4, 0.5) is 0 Å². The average molecular weight is 1260 g/mol. The van der Waals surface area contributed by atoms with E-state index in [1.165, 1.54) is 28.4 Å². The van der Waals surface area contributed by atoms with Gasteiger partial charge in [-0.15, -0.1) is 67.4 Å². The molecule has 484 valence electrons. The summed E-state index contributed by atoms with van der Waals surface area (Å²) in [7, 11) is 0. The van der Waals surface area contributed by atoms with Gasteiger partial charge in [-0.2, -0.15) is 40.3 Å². The summed E-state index contributed by atoms with van der Waals surface area (Å²) >= 11 is 3.08. The lowest BCUT2D eigenvalue weighted by molar-refractivity contribution is 0.455. The Balaban J connectivity index is 0.000000484. The number of H-pyrrole nitrogens is 1. The van der Waals surface area contributed by atoms with Gasteiger partial charge in [0.15, 0.2) is 12.2 Å². The monoisotopic (exact) mass is 1260 g/mol. The van der Waals surface area contributed by atoms with E-state index in [0.29, 0.717) is 66.0 Å². The van der Waals surface area contributed by atoms with Crippen LogP contribution in [0.5, 0.6) is 0 Å². The van der Waals surface area contributed by atoms with Gasteiger partial charge in [-0.1, -0.05) is 70.3 Å². The number of imidazole rings is 1. The van der Waals surface area contributed by atoms with Gasteiger partial charge in [0, 0.05) is 83.9 Å². The Kier molecular flexibility index (Phi) is 40.2. The van der Waals surface area contributed by atoms with Crippen molar-refractivity contribution in [3.05, 3.63) is 109 Å². The number of nitrogens with one attached hydrogen (secondary N) is 1. The summed E-state index contributed by atoms with van der Waals surface area (Å²) < 4.78 is 13.0. The molecule has 0 aromatic carbocycles. The highest BCUT2D eigenvalue weighted by Crippen LogP contribution is 2.15. The molecule has 0 amide bonds. The van der Waals surface area contributed by atoms with Crippen molar-refractivity contribution in [3.8, 4) is 0 Å². The minimum atomic E-state index is 0.317. The second-order valence-corrected chi connectivity index (χ2v) is 23.5. The molecule has 0 saturated heterocycles. The van der Waals surface area contributed by atoms with Crippen molar-refractivity contribution in [1.82, 2.24) is 150 Å². The number of aromatic nitrogens is 30. The Bertz CT molecular complexity index is 2380. The van der Waals surface area contributed by atoms with Gasteiger partial charge in [0.25, 0.3) is 0 Å². The van der Waals surface area contributed by atoms with Crippen LogP contribution in [-0.4, -0.2) is 162 Å². The normalized spacial score (nSPS) is 11.0. The number of hydrogen-bond acceptors (Lipinski definition) is 26. The second kappa shape index (κ2) is 45.7. The molecule has 0 fully saturated rings. The van der Waals surface area contributed by atoms with E-state index in [2.05, 4.69) is 229 Å². The molecular formula is C54H96N32S2. The summed E-state index contributed by atoms with van der Waals surface area (Å²) in [6.45, 7) is 45.6. The topological polar surface area (TPSA) is 359 Å². The van der Waals surface area contributed by atoms with Crippen LogP contribution < -0.4 is 0 Å². The number of aromatic amines is 1. The zero-order valence-corrected chi connectivity index (χ0v) is 57.1.